The average Bonchev–Trinajstić information content (AvgIpc) is 2.87. The van der Waals surface area contributed by atoms with Crippen LogP contribution in [0.15, 0.2) is 18.2 Å². The highest BCUT2D eigenvalue weighted by Gasteiger charge is 2.36. The van der Waals surface area contributed by atoms with Gasteiger partial charge in [-0.3, -0.25) is 0 Å². The second kappa shape index (κ2) is 5.69. The molecule has 0 saturated carbocycles. The molecule has 0 amide bonds. The van der Waals surface area contributed by atoms with Crippen molar-refractivity contribution < 1.29 is 13.2 Å². The topological polar surface area (TPSA) is 15.3 Å². The van der Waals surface area contributed by atoms with Gasteiger partial charge in [-0.25, -0.2) is 0 Å². The van der Waals surface area contributed by atoms with Crippen LogP contribution in [0.4, 0.5) is 18.9 Å². The minimum atomic E-state index is -4.39. The smallest absolute Gasteiger partial charge is 0.382 e. The number of piperidine rings is 1. The van der Waals surface area contributed by atoms with Gasteiger partial charge < -0.3 is 10.2 Å². The largest absolute Gasteiger partial charge is 0.418 e. The molecular formula is C15H18ClF3N2. The molecule has 2 atom stereocenters. The van der Waals surface area contributed by atoms with Crippen LogP contribution >= 0.6 is 11.6 Å². The van der Waals surface area contributed by atoms with Crippen LogP contribution in [0.3, 0.4) is 0 Å². The number of nitrogens with zero attached hydrogens (tertiary/aromatic N) is 1. The van der Waals surface area contributed by atoms with Gasteiger partial charge in [0.2, 0.25) is 0 Å². The van der Waals surface area contributed by atoms with E-state index >= 15 is 0 Å². The maximum atomic E-state index is 13.1. The Morgan fingerprint density at radius 3 is 2.76 bits per heavy atom. The van der Waals surface area contributed by atoms with Crippen molar-refractivity contribution in [3.05, 3.63) is 28.8 Å². The Labute approximate surface area is 127 Å². The fourth-order valence-corrected chi connectivity index (χ4v) is 3.62. The van der Waals surface area contributed by atoms with Gasteiger partial charge in [0.1, 0.15) is 0 Å². The van der Waals surface area contributed by atoms with Crippen molar-refractivity contribution in [2.45, 2.75) is 43.9 Å². The highest BCUT2D eigenvalue weighted by molar-refractivity contribution is 6.30. The molecule has 1 aromatic carbocycles. The molecule has 6 heteroatoms. The molecule has 0 aliphatic carbocycles. The zero-order valence-corrected chi connectivity index (χ0v) is 12.3. The Morgan fingerprint density at radius 2 is 2.00 bits per heavy atom. The third kappa shape index (κ3) is 3.29. The molecule has 0 aromatic heterocycles. The standard InChI is InChI=1S/C15H18ClF3N2/c16-10-3-4-14(13(8-10)15(17,18)19)20-11-5-7-21-6-1-2-12(21)9-11/h3-4,8,11-12,20H,1-2,5-7,9H2. The summed E-state index contributed by atoms with van der Waals surface area (Å²) in [5, 5.41) is 3.20. The highest BCUT2D eigenvalue weighted by Crippen LogP contribution is 2.38. The van der Waals surface area contributed by atoms with Crippen molar-refractivity contribution in [1.82, 2.24) is 4.90 Å². The average molecular weight is 319 g/mol. The number of alkyl halides is 3. The van der Waals surface area contributed by atoms with Gasteiger partial charge in [-0.15, -0.1) is 0 Å². The first-order chi connectivity index (χ1) is 9.93. The van der Waals surface area contributed by atoms with Gasteiger partial charge in [-0.1, -0.05) is 11.6 Å². The lowest BCUT2D eigenvalue weighted by Crippen LogP contribution is -2.42. The van der Waals surface area contributed by atoms with E-state index in [4.69, 9.17) is 11.6 Å². The quantitative estimate of drug-likeness (QED) is 0.869. The summed E-state index contributed by atoms with van der Waals surface area (Å²) in [6, 6.07) is 4.56. The molecule has 0 spiro atoms. The molecule has 2 saturated heterocycles. The number of anilines is 1. The van der Waals surface area contributed by atoms with Crippen LogP contribution in [0, 0.1) is 0 Å². The van der Waals surface area contributed by atoms with Gasteiger partial charge in [0.05, 0.1) is 5.56 Å². The minimum Gasteiger partial charge on any atom is -0.382 e. The first-order valence-electron chi connectivity index (χ1n) is 7.31. The Bertz CT molecular complexity index is 518. The van der Waals surface area contributed by atoms with Crippen LogP contribution in [-0.2, 0) is 6.18 Å². The lowest BCUT2D eigenvalue weighted by molar-refractivity contribution is -0.137. The monoisotopic (exact) mass is 318 g/mol. The van der Waals surface area contributed by atoms with E-state index in [9.17, 15) is 13.2 Å². The van der Waals surface area contributed by atoms with Crippen molar-refractivity contribution in [1.29, 1.82) is 0 Å². The molecule has 2 nitrogen and oxygen atoms in total. The van der Waals surface area contributed by atoms with E-state index in [1.165, 1.54) is 18.6 Å². The summed E-state index contributed by atoms with van der Waals surface area (Å²) >= 11 is 5.70. The van der Waals surface area contributed by atoms with Crippen LogP contribution in [0.2, 0.25) is 5.02 Å². The van der Waals surface area contributed by atoms with Crippen LogP contribution in [0.5, 0.6) is 0 Å². The van der Waals surface area contributed by atoms with Crippen molar-refractivity contribution in [3.63, 3.8) is 0 Å². The van der Waals surface area contributed by atoms with Crippen LogP contribution < -0.4 is 5.32 Å². The number of rotatable bonds is 2. The van der Waals surface area contributed by atoms with Gasteiger partial charge in [-0.05, 0) is 50.4 Å². The van der Waals surface area contributed by atoms with E-state index in [0.29, 0.717) is 6.04 Å². The summed E-state index contributed by atoms with van der Waals surface area (Å²) < 4.78 is 39.3. The van der Waals surface area contributed by atoms with Gasteiger partial charge >= 0.3 is 6.18 Å². The van der Waals surface area contributed by atoms with E-state index in [-0.39, 0.29) is 16.8 Å². The zero-order chi connectivity index (χ0) is 15.0. The van der Waals surface area contributed by atoms with E-state index < -0.39 is 11.7 Å². The van der Waals surface area contributed by atoms with E-state index in [2.05, 4.69) is 10.2 Å². The molecule has 116 valence electrons. The Balaban J connectivity index is 1.76. The molecule has 0 radical (unpaired) electrons. The van der Waals surface area contributed by atoms with E-state index in [0.717, 1.165) is 38.4 Å². The van der Waals surface area contributed by atoms with Gasteiger partial charge in [0.15, 0.2) is 0 Å². The van der Waals surface area contributed by atoms with Crippen molar-refractivity contribution in [2.75, 3.05) is 18.4 Å². The first-order valence-corrected chi connectivity index (χ1v) is 7.68. The number of hydrogen-bond acceptors (Lipinski definition) is 2. The highest BCUT2D eigenvalue weighted by atomic mass is 35.5. The van der Waals surface area contributed by atoms with Gasteiger partial charge in [-0.2, -0.15) is 13.2 Å². The van der Waals surface area contributed by atoms with E-state index in [1.807, 2.05) is 0 Å². The van der Waals surface area contributed by atoms with Crippen molar-refractivity contribution in [3.8, 4) is 0 Å². The summed E-state index contributed by atoms with van der Waals surface area (Å²) in [6.07, 6.45) is -0.227. The fraction of sp³-hybridized carbons (Fsp3) is 0.600. The maximum absolute atomic E-state index is 13.1. The summed E-state index contributed by atoms with van der Waals surface area (Å²) in [7, 11) is 0. The number of hydrogen-bond donors (Lipinski definition) is 1. The predicted octanol–water partition coefficient (Wildman–Crippen LogP) is 4.40. The third-order valence-electron chi connectivity index (χ3n) is 4.47. The number of nitrogens with one attached hydrogen (secondary N) is 1. The molecular weight excluding hydrogens is 301 g/mol. The molecule has 1 N–H and O–H groups in total. The predicted molar refractivity (Wildman–Crippen MR) is 77.7 cm³/mol. The molecule has 2 fully saturated rings. The second-order valence-corrected chi connectivity index (χ2v) is 6.32. The molecule has 2 aliphatic rings. The zero-order valence-electron chi connectivity index (χ0n) is 11.6. The molecule has 2 unspecified atom stereocenters. The third-order valence-corrected chi connectivity index (χ3v) is 4.70. The maximum Gasteiger partial charge on any atom is 0.418 e. The number of fused-ring (bicyclic) bond motifs is 1. The molecule has 3 rings (SSSR count). The van der Waals surface area contributed by atoms with Gasteiger partial charge in [0.25, 0.3) is 0 Å². The number of benzene rings is 1. The molecule has 1 aromatic rings. The molecule has 2 aliphatic heterocycles. The lowest BCUT2D eigenvalue weighted by Gasteiger charge is -2.36. The van der Waals surface area contributed by atoms with E-state index in [1.54, 1.807) is 0 Å². The minimum absolute atomic E-state index is 0.103. The van der Waals surface area contributed by atoms with Crippen LogP contribution in [0.25, 0.3) is 0 Å². The summed E-state index contributed by atoms with van der Waals surface area (Å²) in [5.41, 5.74) is -0.535. The van der Waals surface area contributed by atoms with Crippen molar-refractivity contribution >= 4 is 17.3 Å². The van der Waals surface area contributed by atoms with Crippen LogP contribution in [0.1, 0.15) is 31.2 Å². The Morgan fingerprint density at radius 1 is 1.19 bits per heavy atom. The van der Waals surface area contributed by atoms with Crippen LogP contribution in [-0.4, -0.2) is 30.1 Å². The lowest BCUT2D eigenvalue weighted by atomic mass is 9.97. The summed E-state index contributed by atoms with van der Waals surface area (Å²) in [4.78, 5) is 2.45. The molecule has 2 heterocycles. The number of halogens is 4. The summed E-state index contributed by atoms with van der Waals surface area (Å²) in [6.45, 7) is 2.10. The summed E-state index contributed by atoms with van der Waals surface area (Å²) in [5.74, 6) is 0. The Kier molecular flexibility index (Phi) is 4.06. The van der Waals surface area contributed by atoms with Gasteiger partial charge in [0, 0.05) is 29.3 Å². The fourth-order valence-electron chi connectivity index (χ4n) is 3.45. The second-order valence-electron chi connectivity index (χ2n) is 5.89. The molecule has 21 heavy (non-hydrogen) atoms. The van der Waals surface area contributed by atoms with Crippen molar-refractivity contribution in [2.24, 2.45) is 0 Å². The Hall–Kier alpha value is -0.940. The first kappa shape index (κ1) is 15.0. The SMILES string of the molecule is FC(F)(F)c1cc(Cl)ccc1NC1CCN2CCCC2C1. The normalized spacial score (nSPS) is 26.7. The molecule has 0 bridgehead atoms.